The van der Waals surface area contributed by atoms with Crippen LogP contribution in [-0.4, -0.2) is 38.7 Å². The van der Waals surface area contributed by atoms with Crippen molar-refractivity contribution in [3.8, 4) is 22.8 Å². The Labute approximate surface area is 174 Å². The van der Waals surface area contributed by atoms with Gasteiger partial charge in [-0.15, -0.1) is 10.2 Å². The average molecular weight is 412 g/mol. The van der Waals surface area contributed by atoms with E-state index in [1.807, 2.05) is 28.8 Å². The Hall–Kier alpha value is -2.80. The van der Waals surface area contributed by atoms with Crippen molar-refractivity contribution >= 4 is 17.7 Å². The van der Waals surface area contributed by atoms with Gasteiger partial charge in [0.2, 0.25) is 0 Å². The number of hydrogen-bond acceptors (Lipinski definition) is 5. The number of aliphatic carboxylic acids is 1. The predicted molar refractivity (Wildman–Crippen MR) is 115 cm³/mol. The van der Waals surface area contributed by atoms with Gasteiger partial charge in [0.25, 0.3) is 0 Å². The zero-order valence-electron chi connectivity index (χ0n) is 17.0. The van der Waals surface area contributed by atoms with Gasteiger partial charge < -0.3 is 9.84 Å². The number of nitrogens with zero attached hydrogens (tertiary/aromatic N) is 3. The average Bonchev–Trinajstić information content (AvgIpc) is 3.11. The van der Waals surface area contributed by atoms with Crippen LogP contribution in [0, 0.1) is 0 Å². The van der Waals surface area contributed by atoms with Crippen LogP contribution >= 0.6 is 11.8 Å². The summed E-state index contributed by atoms with van der Waals surface area (Å²) in [7, 11) is 1.63. The number of thioether (sulfide) groups is 1. The number of benzene rings is 2. The number of carboxylic acids is 1. The predicted octanol–water partition coefficient (Wildman–Crippen LogP) is 4.81. The Kier molecular flexibility index (Phi) is 6.27. The Bertz CT molecular complexity index is 974. The number of hydrogen-bond donors (Lipinski definition) is 1. The van der Waals surface area contributed by atoms with Gasteiger partial charge in [0.05, 0.1) is 13.5 Å². The summed E-state index contributed by atoms with van der Waals surface area (Å²) in [5, 5.41) is 18.3. The van der Waals surface area contributed by atoms with Crippen molar-refractivity contribution < 1.29 is 14.6 Å². The fourth-order valence-corrected chi connectivity index (χ4v) is 3.74. The molecule has 0 saturated carbocycles. The molecule has 152 valence electrons. The van der Waals surface area contributed by atoms with Gasteiger partial charge in [0.15, 0.2) is 11.0 Å². The van der Waals surface area contributed by atoms with Crippen molar-refractivity contribution in [1.82, 2.24) is 14.8 Å². The zero-order chi connectivity index (χ0) is 21.0. The van der Waals surface area contributed by atoms with E-state index in [2.05, 4.69) is 55.2 Å². The summed E-state index contributed by atoms with van der Waals surface area (Å²) >= 11 is 1.38. The molecule has 1 N–H and O–H groups in total. The van der Waals surface area contributed by atoms with E-state index in [-0.39, 0.29) is 11.8 Å². The van der Waals surface area contributed by atoms with Crippen molar-refractivity contribution in [1.29, 1.82) is 0 Å². The molecule has 0 fully saturated rings. The molecule has 0 saturated heterocycles. The topological polar surface area (TPSA) is 77.2 Å². The van der Waals surface area contributed by atoms with E-state index in [4.69, 9.17) is 9.84 Å². The summed E-state index contributed by atoms with van der Waals surface area (Å²) in [5.41, 5.74) is 3.16. The van der Waals surface area contributed by atoms with Crippen LogP contribution in [0.1, 0.15) is 32.8 Å². The maximum atomic E-state index is 10.9. The SMILES string of the molecule is COc1ccc(-n2c(SCCC(=O)O)nnc2-c2ccc(C(C)(C)C)cc2)cc1. The van der Waals surface area contributed by atoms with Crippen molar-refractivity contribution in [2.24, 2.45) is 0 Å². The maximum Gasteiger partial charge on any atom is 0.304 e. The van der Waals surface area contributed by atoms with Gasteiger partial charge in [-0.3, -0.25) is 9.36 Å². The van der Waals surface area contributed by atoms with Crippen LogP contribution in [0.2, 0.25) is 0 Å². The molecule has 0 amide bonds. The third kappa shape index (κ3) is 4.98. The summed E-state index contributed by atoms with van der Waals surface area (Å²) in [4.78, 5) is 10.9. The first-order chi connectivity index (χ1) is 13.8. The molecule has 0 spiro atoms. The standard InChI is InChI=1S/C22H25N3O3S/c1-22(2,3)16-7-5-15(6-8-16)20-23-24-21(29-14-13-19(26)27)25(20)17-9-11-18(28-4)12-10-17/h5-12H,13-14H2,1-4H3,(H,26,27). The summed E-state index contributed by atoms with van der Waals surface area (Å²) in [5.74, 6) is 1.07. The number of aromatic nitrogens is 3. The Balaban J connectivity index is 2.01. The Morgan fingerprint density at radius 1 is 1.07 bits per heavy atom. The van der Waals surface area contributed by atoms with Gasteiger partial charge in [0, 0.05) is 17.0 Å². The van der Waals surface area contributed by atoms with Crippen LogP contribution in [0.5, 0.6) is 5.75 Å². The third-order valence-electron chi connectivity index (χ3n) is 4.52. The molecule has 0 radical (unpaired) electrons. The Morgan fingerprint density at radius 3 is 2.28 bits per heavy atom. The lowest BCUT2D eigenvalue weighted by Crippen LogP contribution is -2.10. The van der Waals surface area contributed by atoms with E-state index in [0.29, 0.717) is 16.7 Å². The second-order valence-corrected chi connectivity index (χ2v) is 8.72. The summed E-state index contributed by atoms with van der Waals surface area (Å²) < 4.78 is 7.21. The van der Waals surface area contributed by atoms with Crippen LogP contribution in [0.25, 0.3) is 17.1 Å². The van der Waals surface area contributed by atoms with Crippen LogP contribution in [0.3, 0.4) is 0 Å². The highest BCUT2D eigenvalue weighted by atomic mass is 32.2. The lowest BCUT2D eigenvalue weighted by Gasteiger charge is -2.19. The number of ether oxygens (including phenoxy) is 1. The molecule has 0 aliphatic carbocycles. The summed E-state index contributed by atoms with van der Waals surface area (Å²) in [6, 6.07) is 16.0. The minimum Gasteiger partial charge on any atom is -0.497 e. The van der Waals surface area contributed by atoms with Crippen LogP contribution < -0.4 is 4.74 Å². The highest BCUT2D eigenvalue weighted by molar-refractivity contribution is 7.99. The van der Waals surface area contributed by atoms with Crippen LogP contribution in [0.4, 0.5) is 0 Å². The Morgan fingerprint density at radius 2 is 1.72 bits per heavy atom. The van der Waals surface area contributed by atoms with Gasteiger partial charge in [-0.1, -0.05) is 56.8 Å². The normalized spacial score (nSPS) is 11.4. The molecule has 0 bridgehead atoms. The van der Waals surface area contributed by atoms with E-state index in [0.717, 1.165) is 17.0 Å². The van der Waals surface area contributed by atoms with E-state index in [9.17, 15) is 4.79 Å². The molecule has 2 aromatic carbocycles. The molecule has 0 aliphatic heterocycles. The highest BCUT2D eigenvalue weighted by Crippen LogP contribution is 2.31. The molecule has 29 heavy (non-hydrogen) atoms. The monoisotopic (exact) mass is 411 g/mol. The lowest BCUT2D eigenvalue weighted by atomic mass is 9.87. The van der Waals surface area contributed by atoms with Gasteiger partial charge >= 0.3 is 5.97 Å². The number of carboxylic acid groups (broad SMARTS) is 1. The van der Waals surface area contributed by atoms with Crippen molar-refractivity contribution in [3.63, 3.8) is 0 Å². The lowest BCUT2D eigenvalue weighted by molar-refractivity contribution is -0.136. The second kappa shape index (κ2) is 8.69. The summed E-state index contributed by atoms with van der Waals surface area (Å²) in [6.07, 6.45) is 0.0652. The largest absolute Gasteiger partial charge is 0.497 e. The second-order valence-electron chi connectivity index (χ2n) is 7.66. The van der Waals surface area contributed by atoms with Gasteiger partial charge in [-0.05, 0) is 35.2 Å². The summed E-state index contributed by atoms with van der Waals surface area (Å²) in [6.45, 7) is 6.54. The molecule has 1 heterocycles. The molecule has 0 atom stereocenters. The fourth-order valence-electron chi connectivity index (χ4n) is 2.86. The van der Waals surface area contributed by atoms with Crippen LogP contribution in [0.15, 0.2) is 53.7 Å². The fraction of sp³-hybridized carbons (Fsp3) is 0.318. The molecule has 6 nitrogen and oxygen atoms in total. The zero-order valence-corrected chi connectivity index (χ0v) is 17.9. The van der Waals surface area contributed by atoms with Gasteiger partial charge in [-0.2, -0.15) is 0 Å². The maximum absolute atomic E-state index is 10.9. The van der Waals surface area contributed by atoms with Crippen molar-refractivity contribution in [2.75, 3.05) is 12.9 Å². The first kappa shape index (κ1) is 20.9. The first-order valence-electron chi connectivity index (χ1n) is 9.35. The minimum absolute atomic E-state index is 0.0652. The molecule has 3 rings (SSSR count). The minimum atomic E-state index is -0.828. The van der Waals surface area contributed by atoms with Crippen LogP contribution in [-0.2, 0) is 10.2 Å². The van der Waals surface area contributed by atoms with Crippen molar-refractivity contribution in [3.05, 3.63) is 54.1 Å². The number of rotatable bonds is 7. The third-order valence-corrected chi connectivity index (χ3v) is 5.45. The first-order valence-corrected chi connectivity index (χ1v) is 10.3. The molecule has 0 aliphatic rings. The smallest absolute Gasteiger partial charge is 0.304 e. The molecule has 1 aromatic heterocycles. The molecular weight excluding hydrogens is 386 g/mol. The van der Waals surface area contributed by atoms with E-state index in [1.54, 1.807) is 7.11 Å². The number of methoxy groups -OCH3 is 1. The highest BCUT2D eigenvalue weighted by Gasteiger charge is 2.18. The molecule has 7 heteroatoms. The molecular formula is C22H25N3O3S. The molecule has 3 aromatic rings. The van der Waals surface area contributed by atoms with E-state index in [1.165, 1.54) is 17.3 Å². The molecule has 0 unspecified atom stereocenters. The quantitative estimate of drug-likeness (QED) is 0.562. The van der Waals surface area contributed by atoms with E-state index < -0.39 is 5.97 Å². The number of carbonyl (C=O) groups is 1. The van der Waals surface area contributed by atoms with Gasteiger partial charge in [-0.25, -0.2) is 0 Å². The van der Waals surface area contributed by atoms with Gasteiger partial charge in [0.1, 0.15) is 5.75 Å². The van der Waals surface area contributed by atoms with E-state index >= 15 is 0 Å². The van der Waals surface area contributed by atoms with Crippen molar-refractivity contribution in [2.45, 2.75) is 37.8 Å².